The predicted molar refractivity (Wildman–Crippen MR) is 53.3 cm³/mol. The van der Waals surface area contributed by atoms with Crippen molar-refractivity contribution in [2.45, 2.75) is 25.4 Å². The number of nitrogens with zero attached hydrogens (tertiary/aromatic N) is 1. The van der Waals surface area contributed by atoms with Crippen LogP contribution in [0.25, 0.3) is 0 Å². The van der Waals surface area contributed by atoms with E-state index >= 15 is 0 Å². The second kappa shape index (κ2) is 4.58. The number of nitrogens with one attached hydrogen (secondary N) is 1. The molecule has 1 N–H and O–H groups in total. The number of ether oxygens (including phenoxy) is 1. The van der Waals surface area contributed by atoms with Gasteiger partial charge >= 0.3 is 0 Å². The van der Waals surface area contributed by atoms with Crippen molar-refractivity contribution in [3.05, 3.63) is 11.6 Å². The molecular formula is C9H14N2OS. The van der Waals surface area contributed by atoms with Crippen molar-refractivity contribution in [2.75, 3.05) is 13.1 Å². The van der Waals surface area contributed by atoms with Gasteiger partial charge in [-0.15, -0.1) is 0 Å². The highest BCUT2D eigenvalue weighted by molar-refractivity contribution is 7.03. The molecule has 1 saturated heterocycles. The summed E-state index contributed by atoms with van der Waals surface area (Å²) >= 11 is 1.44. The molecule has 0 amide bonds. The van der Waals surface area contributed by atoms with E-state index in [2.05, 4.69) is 9.69 Å². The van der Waals surface area contributed by atoms with Gasteiger partial charge in [0.1, 0.15) is 11.9 Å². The first-order chi connectivity index (χ1) is 6.45. The lowest BCUT2D eigenvalue weighted by Gasteiger charge is -2.15. The van der Waals surface area contributed by atoms with Crippen LogP contribution >= 0.6 is 11.5 Å². The van der Waals surface area contributed by atoms with Crippen LogP contribution in [0.1, 0.15) is 19.3 Å². The fraction of sp³-hybridized carbons (Fsp3) is 0.667. The molecule has 2 heterocycles. The number of hydrogen-bond donors (Lipinski definition) is 1. The molecule has 1 unspecified atom stereocenters. The maximum Gasteiger partial charge on any atom is 0.150 e. The van der Waals surface area contributed by atoms with E-state index in [4.69, 9.17) is 4.74 Å². The quantitative estimate of drug-likeness (QED) is 0.785. The molecule has 0 bridgehead atoms. The van der Waals surface area contributed by atoms with Gasteiger partial charge in [0.25, 0.3) is 0 Å². The van der Waals surface area contributed by atoms with E-state index < -0.39 is 0 Å². The van der Waals surface area contributed by atoms with Gasteiger partial charge in [-0.1, -0.05) is 0 Å². The topological polar surface area (TPSA) is 34.1 Å². The fourth-order valence-electron chi connectivity index (χ4n) is 1.53. The molecule has 72 valence electrons. The highest BCUT2D eigenvalue weighted by atomic mass is 32.1. The van der Waals surface area contributed by atoms with Gasteiger partial charge in [0.15, 0.2) is 0 Å². The molecule has 3 nitrogen and oxygen atoms in total. The molecule has 1 aliphatic heterocycles. The molecule has 0 radical (unpaired) electrons. The third kappa shape index (κ3) is 2.67. The minimum absolute atomic E-state index is 0.332. The van der Waals surface area contributed by atoms with Crippen molar-refractivity contribution in [2.24, 2.45) is 0 Å². The lowest BCUT2D eigenvalue weighted by atomic mass is 10.2. The van der Waals surface area contributed by atoms with Gasteiger partial charge in [-0.05, 0) is 37.3 Å². The van der Waals surface area contributed by atoms with Gasteiger partial charge in [0, 0.05) is 6.54 Å². The minimum Gasteiger partial charge on any atom is -0.487 e. The lowest BCUT2D eigenvalue weighted by molar-refractivity contribution is 0.195. The van der Waals surface area contributed by atoms with Crippen LogP contribution in [-0.4, -0.2) is 23.6 Å². The Morgan fingerprint density at radius 1 is 1.54 bits per heavy atom. The molecule has 0 aromatic carbocycles. The fourth-order valence-corrected chi connectivity index (χ4v) is 1.98. The Labute approximate surface area is 82.3 Å². The van der Waals surface area contributed by atoms with E-state index in [0.29, 0.717) is 6.10 Å². The summed E-state index contributed by atoms with van der Waals surface area (Å²) < 4.78 is 9.77. The van der Waals surface area contributed by atoms with Crippen LogP contribution in [0, 0.1) is 0 Å². The summed E-state index contributed by atoms with van der Waals surface area (Å²) in [6.45, 7) is 2.09. The Balaban J connectivity index is 1.86. The zero-order valence-corrected chi connectivity index (χ0v) is 8.35. The normalized spacial score (nSPS) is 23.8. The van der Waals surface area contributed by atoms with Gasteiger partial charge in [0.05, 0.1) is 11.6 Å². The highest BCUT2D eigenvalue weighted by Crippen LogP contribution is 2.16. The average Bonchev–Trinajstić information content (AvgIpc) is 2.49. The van der Waals surface area contributed by atoms with Crippen LogP contribution < -0.4 is 10.1 Å². The molecule has 0 spiro atoms. The largest absolute Gasteiger partial charge is 0.487 e. The third-order valence-corrected chi connectivity index (χ3v) is 2.78. The van der Waals surface area contributed by atoms with Crippen LogP contribution in [-0.2, 0) is 0 Å². The number of rotatable bonds is 2. The van der Waals surface area contributed by atoms with E-state index in [0.717, 1.165) is 25.3 Å². The maximum atomic E-state index is 5.76. The molecule has 1 atom stereocenters. The zero-order valence-electron chi connectivity index (χ0n) is 7.53. The first kappa shape index (κ1) is 8.97. The standard InChI is InChI=1S/C9H14N2OS/c1-2-4-10-5-8(3-1)12-9-6-11-13-7-9/h6-8,10H,1-5H2. The highest BCUT2D eigenvalue weighted by Gasteiger charge is 2.13. The van der Waals surface area contributed by atoms with Crippen molar-refractivity contribution in [3.8, 4) is 5.75 Å². The first-order valence-corrected chi connectivity index (χ1v) is 5.55. The van der Waals surface area contributed by atoms with Crippen LogP contribution in [0.2, 0.25) is 0 Å². The summed E-state index contributed by atoms with van der Waals surface area (Å²) in [6.07, 6.45) is 5.80. The van der Waals surface area contributed by atoms with Gasteiger partial charge in [-0.3, -0.25) is 0 Å². The second-order valence-corrected chi connectivity index (χ2v) is 3.96. The molecule has 1 aromatic heterocycles. The molecular weight excluding hydrogens is 184 g/mol. The van der Waals surface area contributed by atoms with Crippen LogP contribution in [0.3, 0.4) is 0 Å². The molecule has 1 aromatic rings. The first-order valence-electron chi connectivity index (χ1n) is 4.72. The smallest absolute Gasteiger partial charge is 0.150 e. The van der Waals surface area contributed by atoms with Gasteiger partial charge in [-0.2, -0.15) is 4.37 Å². The summed E-state index contributed by atoms with van der Waals surface area (Å²) in [7, 11) is 0. The molecule has 0 aliphatic carbocycles. The van der Waals surface area contributed by atoms with E-state index in [9.17, 15) is 0 Å². The SMILES string of the molecule is c1nscc1OC1CCCCNC1. The monoisotopic (exact) mass is 198 g/mol. The molecule has 13 heavy (non-hydrogen) atoms. The summed E-state index contributed by atoms with van der Waals surface area (Å²) in [4.78, 5) is 0. The second-order valence-electron chi connectivity index (χ2n) is 3.30. The molecule has 1 aliphatic rings. The van der Waals surface area contributed by atoms with Crippen molar-refractivity contribution in [3.63, 3.8) is 0 Å². The summed E-state index contributed by atoms with van der Waals surface area (Å²) in [5, 5.41) is 5.32. The van der Waals surface area contributed by atoms with E-state index in [1.165, 1.54) is 24.4 Å². The zero-order chi connectivity index (χ0) is 8.93. The third-order valence-electron chi connectivity index (χ3n) is 2.21. The summed E-state index contributed by atoms with van der Waals surface area (Å²) in [5.74, 6) is 0.915. The lowest BCUT2D eigenvalue weighted by Crippen LogP contribution is -2.29. The van der Waals surface area contributed by atoms with E-state index in [1.54, 1.807) is 6.20 Å². The summed E-state index contributed by atoms with van der Waals surface area (Å²) in [6, 6.07) is 0. The number of aromatic nitrogens is 1. The maximum absolute atomic E-state index is 5.76. The Morgan fingerprint density at radius 2 is 2.54 bits per heavy atom. The predicted octanol–water partition coefficient (Wildman–Crippen LogP) is 1.66. The summed E-state index contributed by atoms with van der Waals surface area (Å²) in [5.41, 5.74) is 0. The van der Waals surface area contributed by atoms with E-state index in [1.807, 2.05) is 5.38 Å². The van der Waals surface area contributed by atoms with Crippen LogP contribution in [0.15, 0.2) is 11.6 Å². The van der Waals surface area contributed by atoms with Gasteiger partial charge in [0.2, 0.25) is 0 Å². The van der Waals surface area contributed by atoms with Crippen molar-refractivity contribution in [1.82, 2.24) is 9.69 Å². The van der Waals surface area contributed by atoms with Gasteiger partial charge in [-0.25, -0.2) is 0 Å². The average molecular weight is 198 g/mol. The Morgan fingerprint density at radius 3 is 3.38 bits per heavy atom. The minimum atomic E-state index is 0.332. The molecule has 2 rings (SSSR count). The van der Waals surface area contributed by atoms with E-state index in [-0.39, 0.29) is 0 Å². The Bertz CT molecular complexity index is 230. The van der Waals surface area contributed by atoms with Crippen molar-refractivity contribution >= 4 is 11.5 Å². The van der Waals surface area contributed by atoms with Crippen LogP contribution in [0.4, 0.5) is 0 Å². The molecule has 0 saturated carbocycles. The van der Waals surface area contributed by atoms with Gasteiger partial charge < -0.3 is 10.1 Å². The number of hydrogen-bond acceptors (Lipinski definition) is 4. The molecule has 1 fully saturated rings. The Hall–Kier alpha value is -0.610. The van der Waals surface area contributed by atoms with Crippen molar-refractivity contribution < 1.29 is 4.74 Å². The van der Waals surface area contributed by atoms with Crippen molar-refractivity contribution in [1.29, 1.82) is 0 Å². The molecule has 4 heteroatoms. The van der Waals surface area contributed by atoms with Crippen LogP contribution in [0.5, 0.6) is 5.75 Å². The Kier molecular flexibility index (Phi) is 3.16.